The number of aryl methyl sites for hydroxylation is 1. The van der Waals surface area contributed by atoms with Crippen molar-refractivity contribution in [2.75, 3.05) is 14.2 Å². The first kappa shape index (κ1) is 21.1. The molecule has 0 spiro atoms. The first-order chi connectivity index (χ1) is 15.5. The van der Waals surface area contributed by atoms with Gasteiger partial charge in [0.1, 0.15) is 11.5 Å². The zero-order chi connectivity index (χ0) is 22.7. The van der Waals surface area contributed by atoms with Crippen LogP contribution < -0.4 is 15.0 Å². The van der Waals surface area contributed by atoms with Crippen LogP contribution in [0.4, 0.5) is 0 Å². The molecule has 0 unspecified atom stereocenters. The number of carbonyl (C=O) groups excluding carboxylic acids is 1. The van der Waals surface area contributed by atoms with Gasteiger partial charge in [-0.15, -0.1) is 0 Å². The molecule has 0 atom stereocenters. The Morgan fingerprint density at radius 3 is 2.44 bits per heavy atom. The van der Waals surface area contributed by atoms with Crippen LogP contribution >= 0.6 is 0 Å². The van der Waals surface area contributed by atoms with Gasteiger partial charge in [-0.25, -0.2) is 0 Å². The maximum Gasteiger partial charge on any atom is 0.260 e. The van der Waals surface area contributed by atoms with Gasteiger partial charge in [-0.3, -0.25) is 9.59 Å². The normalized spacial score (nSPS) is 11.1. The molecule has 0 amide bonds. The molecule has 4 aromatic rings. The summed E-state index contributed by atoms with van der Waals surface area (Å²) in [6.07, 6.45) is 3.05. The van der Waals surface area contributed by atoms with Crippen LogP contribution in [0.15, 0.2) is 77.6 Å². The molecule has 5 nitrogen and oxygen atoms in total. The summed E-state index contributed by atoms with van der Waals surface area (Å²) in [6.45, 7) is 1.98. The van der Waals surface area contributed by atoms with Gasteiger partial charge in [0.05, 0.1) is 19.8 Å². The zero-order valence-corrected chi connectivity index (χ0v) is 18.1. The van der Waals surface area contributed by atoms with Crippen LogP contribution in [-0.2, 0) is 0 Å². The molecular weight excluding hydrogens is 402 g/mol. The Morgan fingerprint density at radius 1 is 0.938 bits per heavy atom. The van der Waals surface area contributed by atoms with Gasteiger partial charge in [-0.05, 0) is 48.9 Å². The number of carbonyl (C=O) groups is 1. The maximum atomic E-state index is 13.3. The number of aromatic amines is 1. The van der Waals surface area contributed by atoms with Crippen LogP contribution in [0, 0.1) is 6.92 Å². The fourth-order valence-corrected chi connectivity index (χ4v) is 3.75. The van der Waals surface area contributed by atoms with Crippen molar-refractivity contribution in [2.45, 2.75) is 6.92 Å². The number of aromatic nitrogens is 1. The van der Waals surface area contributed by atoms with Gasteiger partial charge >= 0.3 is 0 Å². The summed E-state index contributed by atoms with van der Waals surface area (Å²) < 4.78 is 10.6. The Balaban J connectivity index is 1.87. The monoisotopic (exact) mass is 425 g/mol. The van der Waals surface area contributed by atoms with Gasteiger partial charge in [-0.1, -0.05) is 42.0 Å². The Morgan fingerprint density at radius 2 is 1.72 bits per heavy atom. The molecule has 0 aliphatic heterocycles. The minimum absolute atomic E-state index is 0.109. The van der Waals surface area contributed by atoms with Gasteiger partial charge in [0.25, 0.3) is 5.56 Å². The quantitative estimate of drug-likeness (QED) is 0.331. The molecule has 0 bridgehead atoms. The van der Waals surface area contributed by atoms with Gasteiger partial charge < -0.3 is 14.5 Å². The molecule has 3 aromatic carbocycles. The standard InChI is InChI=1S/C27H23NO4/c1-17-9-13-22-21(15-17)25(19-7-5-4-6-8-19)26(27(30)28-22)23(29)14-11-18-10-12-20(31-2)16-24(18)32-3/h4-16H,1-3H3,(H,28,30)/b14-11+. The number of hydrogen-bond acceptors (Lipinski definition) is 4. The molecule has 0 aliphatic rings. The molecule has 0 saturated carbocycles. The second-order valence-corrected chi connectivity index (χ2v) is 7.42. The molecule has 0 fully saturated rings. The molecule has 0 aliphatic carbocycles. The van der Waals surface area contributed by atoms with E-state index in [1.165, 1.54) is 6.08 Å². The number of nitrogens with one attached hydrogen (secondary N) is 1. The highest BCUT2D eigenvalue weighted by Crippen LogP contribution is 2.31. The van der Waals surface area contributed by atoms with Crippen molar-refractivity contribution in [1.29, 1.82) is 0 Å². The molecule has 32 heavy (non-hydrogen) atoms. The fourth-order valence-electron chi connectivity index (χ4n) is 3.75. The number of rotatable bonds is 6. The van der Waals surface area contributed by atoms with E-state index >= 15 is 0 Å². The molecule has 5 heteroatoms. The van der Waals surface area contributed by atoms with E-state index in [1.54, 1.807) is 38.5 Å². The van der Waals surface area contributed by atoms with Crippen molar-refractivity contribution < 1.29 is 14.3 Å². The van der Waals surface area contributed by atoms with E-state index < -0.39 is 5.56 Å². The van der Waals surface area contributed by atoms with Crippen molar-refractivity contribution in [3.05, 3.63) is 99.9 Å². The molecule has 1 aromatic heterocycles. The molecule has 160 valence electrons. The van der Waals surface area contributed by atoms with E-state index in [2.05, 4.69) is 4.98 Å². The second-order valence-electron chi connectivity index (χ2n) is 7.42. The lowest BCUT2D eigenvalue weighted by Gasteiger charge is -2.12. The van der Waals surface area contributed by atoms with Crippen molar-refractivity contribution in [3.8, 4) is 22.6 Å². The smallest absolute Gasteiger partial charge is 0.260 e. The number of methoxy groups -OCH3 is 2. The molecule has 0 radical (unpaired) electrons. The molecule has 0 saturated heterocycles. The van der Waals surface area contributed by atoms with Gasteiger partial charge in [0.2, 0.25) is 0 Å². The largest absolute Gasteiger partial charge is 0.497 e. The highest BCUT2D eigenvalue weighted by molar-refractivity contribution is 6.15. The van der Waals surface area contributed by atoms with Crippen LogP contribution in [-0.4, -0.2) is 25.0 Å². The van der Waals surface area contributed by atoms with E-state index in [0.717, 1.165) is 16.5 Å². The van der Waals surface area contributed by atoms with Gasteiger partial charge in [0, 0.05) is 28.1 Å². The second kappa shape index (κ2) is 8.94. The average molecular weight is 425 g/mol. The molecule has 4 rings (SSSR count). The Labute approximate surface area is 185 Å². The molecular formula is C27H23NO4. The first-order valence-electron chi connectivity index (χ1n) is 10.2. The van der Waals surface area contributed by atoms with Crippen LogP contribution in [0.2, 0.25) is 0 Å². The summed E-state index contributed by atoms with van der Waals surface area (Å²) in [5.41, 5.74) is 3.57. The van der Waals surface area contributed by atoms with Gasteiger partial charge in [-0.2, -0.15) is 0 Å². The number of hydrogen-bond donors (Lipinski definition) is 1. The third kappa shape index (κ3) is 4.05. The highest BCUT2D eigenvalue weighted by Gasteiger charge is 2.19. The highest BCUT2D eigenvalue weighted by atomic mass is 16.5. The minimum atomic E-state index is -0.420. The Kier molecular flexibility index (Phi) is 5.90. The average Bonchev–Trinajstić information content (AvgIpc) is 2.82. The number of fused-ring (bicyclic) bond motifs is 1. The topological polar surface area (TPSA) is 68.4 Å². The van der Waals surface area contributed by atoms with E-state index in [0.29, 0.717) is 28.1 Å². The summed E-state index contributed by atoms with van der Waals surface area (Å²) in [6, 6.07) is 20.6. The molecule has 1 heterocycles. The SMILES string of the molecule is COc1ccc(/C=C/C(=O)c2c(-c3ccccc3)c3cc(C)ccc3[nH]c2=O)c(OC)c1. The molecule has 1 N–H and O–H groups in total. The lowest BCUT2D eigenvalue weighted by Crippen LogP contribution is -2.18. The van der Waals surface area contributed by atoms with E-state index in [-0.39, 0.29) is 11.3 Å². The Hall–Kier alpha value is -4.12. The summed E-state index contributed by atoms with van der Waals surface area (Å²) in [4.78, 5) is 29.2. The number of pyridine rings is 1. The van der Waals surface area contributed by atoms with Crippen LogP contribution in [0.5, 0.6) is 11.5 Å². The van der Waals surface area contributed by atoms with E-state index in [9.17, 15) is 9.59 Å². The van der Waals surface area contributed by atoms with Crippen LogP contribution in [0.25, 0.3) is 28.1 Å². The summed E-state index contributed by atoms with van der Waals surface area (Å²) in [5.74, 6) is 0.837. The van der Waals surface area contributed by atoms with Gasteiger partial charge in [0.15, 0.2) is 5.78 Å². The first-order valence-corrected chi connectivity index (χ1v) is 10.2. The third-order valence-corrected chi connectivity index (χ3v) is 5.33. The lowest BCUT2D eigenvalue weighted by atomic mass is 9.93. The predicted molar refractivity (Wildman–Crippen MR) is 128 cm³/mol. The third-order valence-electron chi connectivity index (χ3n) is 5.33. The van der Waals surface area contributed by atoms with Crippen LogP contribution in [0.1, 0.15) is 21.5 Å². The number of allylic oxidation sites excluding steroid dienone is 1. The van der Waals surface area contributed by atoms with Crippen molar-refractivity contribution in [2.24, 2.45) is 0 Å². The maximum absolute atomic E-state index is 13.3. The minimum Gasteiger partial charge on any atom is -0.497 e. The van der Waals surface area contributed by atoms with E-state index in [1.807, 2.05) is 55.5 Å². The fraction of sp³-hybridized carbons (Fsp3) is 0.111. The number of ketones is 1. The van der Waals surface area contributed by atoms with Crippen LogP contribution in [0.3, 0.4) is 0 Å². The number of benzene rings is 3. The predicted octanol–water partition coefficient (Wildman–Crippen LogP) is 5.42. The Bertz CT molecular complexity index is 1380. The van der Waals surface area contributed by atoms with Crippen molar-refractivity contribution in [1.82, 2.24) is 4.98 Å². The number of H-pyrrole nitrogens is 1. The summed E-state index contributed by atoms with van der Waals surface area (Å²) in [7, 11) is 3.13. The zero-order valence-electron chi connectivity index (χ0n) is 18.1. The van der Waals surface area contributed by atoms with Crippen molar-refractivity contribution >= 4 is 22.8 Å². The van der Waals surface area contributed by atoms with E-state index in [4.69, 9.17) is 9.47 Å². The lowest BCUT2D eigenvalue weighted by molar-refractivity contribution is 0.104. The summed E-state index contributed by atoms with van der Waals surface area (Å²) in [5, 5.41) is 0.828. The summed E-state index contributed by atoms with van der Waals surface area (Å²) >= 11 is 0. The number of ether oxygens (including phenoxy) is 2. The van der Waals surface area contributed by atoms with Crippen molar-refractivity contribution in [3.63, 3.8) is 0 Å².